The molecular formula is C143H111N7. The van der Waals surface area contributed by atoms with E-state index in [2.05, 4.69) is 399 Å². The second kappa shape index (κ2) is 40.3. The highest BCUT2D eigenvalue weighted by molar-refractivity contribution is 5.93. The van der Waals surface area contributed by atoms with Gasteiger partial charge in [0.25, 0.3) is 0 Å². The molecule has 3 saturated carbocycles. The van der Waals surface area contributed by atoms with E-state index in [0.29, 0.717) is 0 Å². The molecule has 3 spiro atoms. The molecule has 4 heterocycles. The lowest BCUT2D eigenvalue weighted by molar-refractivity contribution is 0.353. The number of aromatic nitrogens is 7. The second-order valence-electron chi connectivity index (χ2n) is 41.3. The first-order chi connectivity index (χ1) is 74.2. The Balaban J connectivity index is 0.000000114. The first kappa shape index (κ1) is 92.2. The summed E-state index contributed by atoms with van der Waals surface area (Å²) < 4.78 is 0. The maximum atomic E-state index is 5.21. The van der Waals surface area contributed by atoms with Crippen molar-refractivity contribution in [3.63, 3.8) is 0 Å². The molecule has 0 atom stereocenters. The van der Waals surface area contributed by atoms with Gasteiger partial charge < -0.3 is 0 Å². The Morgan fingerprint density at radius 3 is 0.733 bits per heavy atom. The molecule has 150 heavy (non-hydrogen) atoms. The number of rotatable bonds is 16. The minimum atomic E-state index is 0.154. The standard InChI is InChI=1S/C52H40N2.C46H36N2.C45H35N3/c1-4-12-41(13-5-1)49-35-50(54-51(53-49)43-14-6-2-7-15-43)42-28-26-39(27-29-42)37-20-18-36(19-21-37)38-22-24-40(25-23-38)44-30-31-48-46(34-44)45-16-8-9-17-47(45)52(48)32-10-3-11-33-52;1-4-14-32(15-5-1)43-31-44(48-45(47-43)33-16-6-2-7-17-33)38-21-13-20-36(29-38)34-18-12-19-35(28-34)37-24-25-42-40(30-37)39-22-8-9-23-41(39)46(42)26-10-3-11-27-46;1-3-12-33(13-4-1)44-47-42(32-21-19-31(20-22-32)35-14-11-27-46-30-35)29-43(48-44)38-17-6-5-15-36(38)34-23-24-41-39(28-34)37-16-7-8-18-40(37)45(41)25-9-2-10-26-45/h1-2,4-9,12-31,34-35H,3,10-11,32-33H2;1-2,4-9,12-25,28-31H,3,10-11,26-27H2;1,3-8,11-24,27-30H,2,9-10,25-26H2. The van der Waals surface area contributed by atoms with Crippen LogP contribution in [-0.2, 0) is 16.2 Å². The Hall–Kier alpha value is -17.7. The van der Waals surface area contributed by atoms with Gasteiger partial charge in [0.15, 0.2) is 17.5 Å². The third kappa shape index (κ3) is 17.7. The highest BCUT2D eigenvalue weighted by atomic mass is 14.9. The van der Waals surface area contributed by atoms with Gasteiger partial charge in [-0.15, -0.1) is 0 Å². The molecule has 7 nitrogen and oxygen atoms in total. The summed E-state index contributed by atoms with van der Waals surface area (Å²) in [6, 6.07) is 173. The van der Waals surface area contributed by atoms with Gasteiger partial charge in [-0.3, -0.25) is 4.98 Å². The molecule has 6 aliphatic rings. The number of nitrogens with zero attached hydrogens (tertiary/aromatic N) is 7. The summed E-state index contributed by atoms with van der Waals surface area (Å²) in [6.45, 7) is 0. The SMILES string of the molecule is c1ccc(-c2cc(-c3ccc(-c4ccc(-c5ccc(-c6ccc7c(c6)-c6ccccc6C76CCCCC6)cc5)cc4)cc3)nc(-c3ccccc3)n2)cc1.c1ccc(-c2cc(-c3cccc(-c4cccc(-c5ccc6c(c5)-c5ccccc5C65CCCCC5)c4)c3)nc(-c3ccccc3)n2)cc1.c1ccc(-c2nc(-c3ccc(-c4cccnc4)cc3)cc(-c3ccccc3-c3ccc4c(c3)-c3ccccc3C43CCCCC3)n2)cc1. The van der Waals surface area contributed by atoms with E-state index in [1.165, 1.54) is 219 Å². The maximum Gasteiger partial charge on any atom is 0.160 e. The van der Waals surface area contributed by atoms with E-state index in [9.17, 15) is 0 Å². The Morgan fingerprint density at radius 1 is 0.133 bits per heavy atom. The topological polar surface area (TPSA) is 90.2 Å². The molecule has 0 saturated heterocycles. The molecule has 0 aliphatic heterocycles. The normalized spacial score (nSPS) is 14.3. The van der Waals surface area contributed by atoms with Gasteiger partial charge in [-0.05, 0) is 238 Å². The van der Waals surface area contributed by atoms with Crippen LogP contribution in [0.4, 0.5) is 0 Å². The lowest BCUT2D eigenvalue weighted by atomic mass is 9.68. The molecule has 18 aromatic carbocycles. The number of pyridine rings is 1. The van der Waals surface area contributed by atoms with Crippen LogP contribution in [0.2, 0.25) is 0 Å². The van der Waals surface area contributed by atoms with Crippen molar-refractivity contribution in [2.24, 2.45) is 0 Å². The fraction of sp³-hybridized carbons (Fsp3) is 0.126. The number of hydrogen-bond acceptors (Lipinski definition) is 7. The highest BCUT2D eigenvalue weighted by Gasteiger charge is 2.47. The lowest BCUT2D eigenvalue weighted by Crippen LogP contribution is -2.27. The molecule has 28 rings (SSSR count). The molecule has 3 fully saturated rings. The summed E-state index contributed by atoms with van der Waals surface area (Å²) >= 11 is 0. The summed E-state index contributed by atoms with van der Waals surface area (Å²) in [5.41, 5.74) is 50.0. The van der Waals surface area contributed by atoms with E-state index in [4.69, 9.17) is 29.9 Å². The van der Waals surface area contributed by atoms with Crippen molar-refractivity contribution in [1.82, 2.24) is 34.9 Å². The number of benzene rings is 18. The van der Waals surface area contributed by atoms with Crippen molar-refractivity contribution in [3.8, 4) is 213 Å². The van der Waals surface area contributed by atoms with Gasteiger partial charge in [-0.1, -0.05) is 482 Å². The molecule has 0 N–H and O–H groups in total. The highest BCUT2D eigenvalue weighted by Crippen LogP contribution is 2.61. The fourth-order valence-electron chi connectivity index (χ4n) is 25.2. The summed E-state index contributed by atoms with van der Waals surface area (Å²) in [7, 11) is 0. The number of fused-ring (bicyclic) bond motifs is 15. The fourth-order valence-corrected chi connectivity index (χ4v) is 25.2. The van der Waals surface area contributed by atoms with Crippen LogP contribution >= 0.6 is 0 Å². The zero-order valence-electron chi connectivity index (χ0n) is 84.0. The van der Waals surface area contributed by atoms with Gasteiger partial charge in [0.1, 0.15) is 0 Å². The monoisotopic (exact) mass is 1930 g/mol. The minimum absolute atomic E-state index is 0.154. The molecule has 22 aromatic rings. The van der Waals surface area contributed by atoms with E-state index >= 15 is 0 Å². The Labute approximate surface area is 879 Å². The zero-order chi connectivity index (χ0) is 99.7. The quantitative estimate of drug-likeness (QED) is 0.0952. The first-order valence-electron chi connectivity index (χ1n) is 53.6. The van der Waals surface area contributed by atoms with Crippen LogP contribution in [0.15, 0.2) is 492 Å². The molecule has 0 amide bonds. The van der Waals surface area contributed by atoms with Gasteiger partial charge in [0.2, 0.25) is 0 Å². The Kier molecular flexibility index (Phi) is 24.8. The second-order valence-corrected chi connectivity index (χ2v) is 41.3. The van der Waals surface area contributed by atoms with Crippen molar-refractivity contribution in [2.75, 3.05) is 0 Å². The molecule has 0 bridgehead atoms. The summed E-state index contributed by atoms with van der Waals surface area (Å²) in [4.78, 5) is 34.6. The predicted octanol–water partition coefficient (Wildman–Crippen LogP) is 37.2. The van der Waals surface area contributed by atoms with Gasteiger partial charge in [0.05, 0.1) is 34.2 Å². The first-order valence-corrected chi connectivity index (χ1v) is 53.6. The molecule has 0 unspecified atom stereocenters. The third-order valence-electron chi connectivity index (χ3n) is 32.7. The Morgan fingerprint density at radius 2 is 0.367 bits per heavy atom. The van der Waals surface area contributed by atoms with E-state index in [0.717, 1.165) is 113 Å². The van der Waals surface area contributed by atoms with Crippen LogP contribution in [0.1, 0.15) is 130 Å². The van der Waals surface area contributed by atoms with E-state index < -0.39 is 0 Å². The molecule has 0 radical (unpaired) electrons. The van der Waals surface area contributed by atoms with Crippen molar-refractivity contribution in [2.45, 2.75) is 113 Å². The lowest BCUT2D eigenvalue weighted by Gasteiger charge is -2.36. The zero-order valence-corrected chi connectivity index (χ0v) is 84.0. The largest absolute Gasteiger partial charge is 0.264 e. The van der Waals surface area contributed by atoms with Gasteiger partial charge in [-0.2, -0.15) is 0 Å². The number of hydrogen-bond donors (Lipinski definition) is 0. The predicted molar refractivity (Wildman–Crippen MR) is 619 cm³/mol. The van der Waals surface area contributed by atoms with E-state index in [1.54, 1.807) is 17.3 Å². The van der Waals surface area contributed by atoms with Crippen molar-refractivity contribution >= 4 is 0 Å². The van der Waals surface area contributed by atoms with Crippen LogP contribution in [0, 0.1) is 0 Å². The van der Waals surface area contributed by atoms with Crippen LogP contribution in [0.5, 0.6) is 0 Å². The van der Waals surface area contributed by atoms with Crippen molar-refractivity contribution in [3.05, 3.63) is 525 Å². The maximum absolute atomic E-state index is 5.21. The van der Waals surface area contributed by atoms with Gasteiger partial charge in [-0.25, -0.2) is 29.9 Å². The molecule has 7 heteroatoms. The molecule has 4 aromatic heterocycles. The van der Waals surface area contributed by atoms with Crippen LogP contribution in [0.3, 0.4) is 0 Å². The van der Waals surface area contributed by atoms with Gasteiger partial charge in [0, 0.05) is 78.7 Å². The van der Waals surface area contributed by atoms with Gasteiger partial charge >= 0.3 is 0 Å². The molecule has 718 valence electrons. The minimum Gasteiger partial charge on any atom is -0.264 e. The Bertz CT molecular complexity index is 8600. The summed E-state index contributed by atoms with van der Waals surface area (Å²) in [5, 5.41) is 0. The average molecular weight is 1930 g/mol. The van der Waals surface area contributed by atoms with Crippen LogP contribution < -0.4 is 0 Å². The van der Waals surface area contributed by atoms with E-state index in [-0.39, 0.29) is 16.2 Å². The van der Waals surface area contributed by atoms with Crippen LogP contribution in [0.25, 0.3) is 213 Å². The van der Waals surface area contributed by atoms with E-state index in [1.807, 2.05) is 91.1 Å². The smallest absolute Gasteiger partial charge is 0.160 e. The van der Waals surface area contributed by atoms with Crippen molar-refractivity contribution in [1.29, 1.82) is 0 Å². The van der Waals surface area contributed by atoms with Crippen molar-refractivity contribution < 1.29 is 0 Å². The molecule has 6 aliphatic carbocycles. The van der Waals surface area contributed by atoms with Crippen LogP contribution in [-0.4, -0.2) is 34.9 Å². The summed E-state index contributed by atoms with van der Waals surface area (Å²) in [5.74, 6) is 2.18. The summed E-state index contributed by atoms with van der Waals surface area (Å²) in [6.07, 6.45) is 23.1. The third-order valence-corrected chi connectivity index (χ3v) is 32.7. The average Bonchev–Trinajstić information content (AvgIpc) is 1.57. The molecular weight excluding hydrogens is 1820 g/mol.